The van der Waals surface area contributed by atoms with Gasteiger partial charge in [0.2, 0.25) is 5.88 Å². The molecule has 140 valence electrons. The van der Waals surface area contributed by atoms with Crippen molar-refractivity contribution in [2.24, 2.45) is 0 Å². The average molecular weight is 388 g/mol. The molecule has 2 heterocycles. The summed E-state index contributed by atoms with van der Waals surface area (Å²) in [6, 6.07) is 21.9. The number of nitrogens with zero attached hydrogens (tertiary/aromatic N) is 1. The molecular formula is C23H20N2O2S. The van der Waals surface area contributed by atoms with Gasteiger partial charge in [-0.25, -0.2) is 0 Å². The summed E-state index contributed by atoms with van der Waals surface area (Å²) in [4.78, 5) is 14.5. The first-order valence-corrected chi connectivity index (χ1v) is 9.99. The predicted octanol–water partition coefficient (Wildman–Crippen LogP) is 6.19. The lowest BCUT2D eigenvalue weighted by Gasteiger charge is -2.00. The van der Waals surface area contributed by atoms with Crippen LogP contribution in [0.4, 0.5) is 5.88 Å². The van der Waals surface area contributed by atoms with Gasteiger partial charge >= 0.3 is 0 Å². The predicted molar refractivity (Wildman–Crippen MR) is 114 cm³/mol. The lowest BCUT2D eigenvalue weighted by molar-refractivity contribution is 0.102. The standard InChI is InChI=1S/C23H20N2O2S/c1-3-16-13-20(28-22(16)18-7-5-4-6-8-18)23(26)24-21-14-19(25-27-21)17-11-9-15(2)10-12-17/h4-14H,3H2,1-2H3,(H,24,26). The van der Waals surface area contributed by atoms with Gasteiger partial charge in [-0.3, -0.25) is 10.1 Å². The second-order valence-corrected chi connectivity index (χ2v) is 7.63. The first-order chi connectivity index (χ1) is 13.6. The Labute approximate surface area is 167 Å². The van der Waals surface area contributed by atoms with E-state index in [0.717, 1.165) is 22.4 Å². The smallest absolute Gasteiger partial charge is 0.268 e. The number of aromatic nitrogens is 1. The van der Waals surface area contributed by atoms with Crippen LogP contribution in [0.1, 0.15) is 27.7 Å². The van der Waals surface area contributed by atoms with Crippen LogP contribution in [0.5, 0.6) is 0 Å². The van der Waals surface area contributed by atoms with Crippen LogP contribution in [0.2, 0.25) is 0 Å². The molecular weight excluding hydrogens is 368 g/mol. The molecule has 0 saturated heterocycles. The lowest BCUT2D eigenvalue weighted by atomic mass is 10.1. The van der Waals surface area contributed by atoms with Gasteiger partial charge in [0, 0.05) is 16.5 Å². The summed E-state index contributed by atoms with van der Waals surface area (Å²) in [5.41, 5.74) is 5.12. The van der Waals surface area contributed by atoms with Crippen molar-refractivity contribution in [1.29, 1.82) is 0 Å². The third-order valence-electron chi connectivity index (χ3n) is 4.54. The van der Waals surface area contributed by atoms with E-state index in [2.05, 4.69) is 29.5 Å². The average Bonchev–Trinajstić information content (AvgIpc) is 3.36. The Hall–Kier alpha value is -3.18. The highest BCUT2D eigenvalue weighted by atomic mass is 32.1. The fourth-order valence-corrected chi connectivity index (χ4v) is 4.16. The number of carbonyl (C=O) groups is 1. The maximum Gasteiger partial charge on any atom is 0.268 e. The summed E-state index contributed by atoms with van der Waals surface area (Å²) >= 11 is 1.50. The molecule has 0 aliphatic rings. The number of rotatable bonds is 5. The first-order valence-electron chi connectivity index (χ1n) is 9.17. The van der Waals surface area contributed by atoms with E-state index in [1.807, 2.05) is 55.5 Å². The summed E-state index contributed by atoms with van der Waals surface area (Å²) in [6.45, 7) is 4.13. The van der Waals surface area contributed by atoms with Crippen molar-refractivity contribution in [2.45, 2.75) is 20.3 Å². The molecule has 0 atom stereocenters. The van der Waals surface area contributed by atoms with Crippen molar-refractivity contribution >= 4 is 23.1 Å². The van der Waals surface area contributed by atoms with E-state index in [1.54, 1.807) is 6.07 Å². The monoisotopic (exact) mass is 388 g/mol. The third-order valence-corrected chi connectivity index (χ3v) is 5.77. The molecule has 0 aliphatic heterocycles. The van der Waals surface area contributed by atoms with Gasteiger partial charge in [0.1, 0.15) is 5.69 Å². The third kappa shape index (κ3) is 3.75. The van der Waals surface area contributed by atoms with Crippen LogP contribution < -0.4 is 5.32 Å². The van der Waals surface area contributed by atoms with Gasteiger partial charge in [0.25, 0.3) is 5.91 Å². The zero-order valence-electron chi connectivity index (χ0n) is 15.7. The number of amides is 1. The van der Waals surface area contributed by atoms with Crippen molar-refractivity contribution in [2.75, 3.05) is 5.32 Å². The van der Waals surface area contributed by atoms with Crippen LogP contribution in [0.15, 0.2) is 71.3 Å². The summed E-state index contributed by atoms with van der Waals surface area (Å²) in [5, 5.41) is 6.88. The molecule has 28 heavy (non-hydrogen) atoms. The van der Waals surface area contributed by atoms with Crippen molar-refractivity contribution in [3.8, 4) is 21.7 Å². The second kappa shape index (κ2) is 7.82. The molecule has 0 unspecified atom stereocenters. The number of carbonyl (C=O) groups excluding carboxylic acids is 1. The molecule has 0 spiro atoms. The molecule has 0 aliphatic carbocycles. The Morgan fingerprint density at radius 1 is 1.04 bits per heavy atom. The van der Waals surface area contributed by atoms with Gasteiger partial charge in [-0.1, -0.05) is 72.2 Å². The maximum atomic E-state index is 12.7. The zero-order valence-corrected chi connectivity index (χ0v) is 16.5. The van der Waals surface area contributed by atoms with E-state index in [1.165, 1.54) is 22.5 Å². The van der Waals surface area contributed by atoms with Crippen LogP contribution in [-0.2, 0) is 6.42 Å². The highest BCUT2D eigenvalue weighted by molar-refractivity contribution is 7.17. The van der Waals surface area contributed by atoms with E-state index in [0.29, 0.717) is 16.5 Å². The number of aryl methyl sites for hydroxylation is 2. The van der Waals surface area contributed by atoms with Crippen LogP contribution in [0.25, 0.3) is 21.7 Å². The summed E-state index contributed by atoms with van der Waals surface area (Å²) in [6.07, 6.45) is 0.869. The zero-order chi connectivity index (χ0) is 19.5. The minimum Gasteiger partial charge on any atom is -0.338 e. The molecule has 5 heteroatoms. The fourth-order valence-electron chi connectivity index (χ4n) is 3.01. The fraction of sp³-hybridized carbons (Fsp3) is 0.130. The summed E-state index contributed by atoms with van der Waals surface area (Å²) in [5.74, 6) is 0.154. The highest BCUT2D eigenvalue weighted by Crippen LogP contribution is 2.33. The van der Waals surface area contributed by atoms with Crippen LogP contribution >= 0.6 is 11.3 Å². The molecule has 1 amide bonds. The second-order valence-electron chi connectivity index (χ2n) is 6.58. The first kappa shape index (κ1) is 18.2. The normalized spacial score (nSPS) is 10.8. The number of hydrogen-bond donors (Lipinski definition) is 1. The Balaban J connectivity index is 1.54. The minimum atomic E-state index is -0.187. The summed E-state index contributed by atoms with van der Waals surface area (Å²) < 4.78 is 5.31. The van der Waals surface area contributed by atoms with Gasteiger partial charge in [-0.2, -0.15) is 0 Å². The van der Waals surface area contributed by atoms with Crippen LogP contribution in [0, 0.1) is 6.92 Å². The number of thiophene rings is 1. The highest BCUT2D eigenvalue weighted by Gasteiger charge is 2.17. The van der Waals surface area contributed by atoms with Gasteiger partial charge in [0.05, 0.1) is 4.88 Å². The van der Waals surface area contributed by atoms with E-state index >= 15 is 0 Å². The molecule has 4 nitrogen and oxygen atoms in total. The largest absolute Gasteiger partial charge is 0.338 e. The molecule has 2 aromatic heterocycles. The van der Waals surface area contributed by atoms with Crippen molar-refractivity contribution < 1.29 is 9.32 Å². The van der Waals surface area contributed by atoms with Crippen LogP contribution in [-0.4, -0.2) is 11.1 Å². The van der Waals surface area contributed by atoms with Gasteiger partial charge in [-0.05, 0) is 30.5 Å². The van der Waals surface area contributed by atoms with Crippen molar-refractivity contribution in [1.82, 2.24) is 5.16 Å². The Morgan fingerprint density at radius 2 is 1.79 bits per heavy atom. The van der Waals surface area contributed by atoms with E-state index in [-0.39, 0.29) is 5.91 Å². The SMILES string of the molecule is CCc1cc(C(=O)Nc2cc(-c3ccc(C)cc3)no2)sc1-c1ccccc1. The number of hydrogen-bond acceptors (Lipinski definition) is 4. The quantitative estimate of drug-likeness (QED) is 0.443. The molecule has 4 aromatic rings. The van der Waals surface area contributed by atoms with Gasteiger partial charge in [0.15, 0.2) is 0 Å². The summed E-state index contributed by atoms with van der Waals surface area (Å²) in [7, 11) is 0. The molecule has 0 radical (unpaired) electrons. The van der Waals surface area contributed by atoms with Crippen LogP contribution in [0.3, 0.4) is 0 Å². The molecule has 2 aromatic carbocycles. The molecule has 0 saturated carbocycles. The topological polar surface area (TPSA) is 55.1 Å². The van der Waals surface area contributed by atoms with Gasteiger partial charge in [-0.15, -0.1) is 11.3 Å². The van der Waals surface area contributed by atoms with E-state index in [9.17, 15) is 4.79 Å². The van der Waals surface area contributed by atoms with E-state index < -0.39 is 0 Å². The Kier molecular flexibility index (Phi) is 5.08. The Morgan fingerprint density at radius 3 is 2.50 bits per heavy atom. The molecule has 0 fully saturated rings. The van der Waals surface area contributed by atoms with E-state index in [4.69, 9.17) is 4.52 Å². The number of anilines is 1. The molecule has 0 bridgehead atoms. The van der Waals surface area contributed by atoms with Crippen molar-refractivity contribution in [3.63, 3.8) is 0 Å². The Bertz CT molecular complexity index is 1100. The lowest BCUT2D eigenvalue weighted by Crippen LogP contribution is -2.09. The molecule has 4 rings (SSSR count). The number of benzene rings is 2. The number of nitrogens with one attached hydrogen (secondary N) is 1. The maximum absolute atomic E-state index is 12.7. The van der Waals surface area contributed by atoms with Crippen molar-refractivity contribution in [3.05, 3.63) is 82.7 Å². The van der Waals surface area contributed by atoms with Gasteiger partial charge < -0.3 is 4.52 Å². The minimum absolute atomic E-state index is 0.187. The molecule has 1 N–H and O–H groups in total.